The maximum atomic E-state index is 12.7. The number of hydrogen-bond donors (Lipinski definition) is 1. The number of amides is 1. The second kappa shape index (κ2) is 7.77. The van der Waals surface area contributed by atoms with E-state index in [0.29, 0.717) is 12.1 Å². The fourth-order valence-corrected chi connectivity index (χ4v) is 3.98. The Labute approximate surface area is 147 Å². The lowest BCUT2D eigenvalue weighted by Gasteiger charge is -2.24. The first-order valence-corrected chi connectivity index (χ1v) is 9.23. The Bertz CT molecular complexity index is 665. The van der Waals surface area contributed by atoms with E-state index in [-0.39, 0.29) is 11.9 Å². The molecule has 2 aromatic rings. The Kier molecular flexibility index (Phi) is 5.48. The lowest BCUT2D eigenvalue weighted by Crippen LogP contribution is -2.35. The molecule has 0 radical (unpaired) electrons. The van der Waals surface area contributed by atoms with Crippen LogP contribution in [0.25, 0.3) is 0 Å². The number of aromatic nitrogens is 1. The van der Waals surface area contributed by atoms with Crippen LogP contribution in [-0.2, 0) is 0 Å². The Morgan fingerprint density at radius 3 is 2.79 bits per heavy atom. The molecule has 0 aliphatic carbocycles. The molecule has 1 aliphatic rings. The minimum atomic E-state index is -0.0478. The monoisotopic (exact) mass is 344 g/mol. The first-order chi connectivity index (χ1) is 11.7. The third-order valence-corrected chi connectivity index (χ3v) is 5.36. The van der Waals surface area contributed by atoms with Gasteiger partial charge in [0.25, 0.3) is 5.91 Å². The zero-order valence-corrected chi connectivity index (χ0v) is 15.1. The van der Waals surface area contributed by atoms with Crippen LogP contribution in [0.2, 0.25) is 0 Å². The number of likely N-dealkylation sites (N-methyl/N-ethyl adjacent to an activating group) is 1. The number of carbonyl (C=O) groups is 1. The summed E-state index contributed by atoms with van der Waals surface area (Å²) in [6.45, 7) is 2.54. The summed E-state index contributed by atoms with van der Waals surface area (Å²) in [7, 11) is 4.08. The molecule has 128 valence electrons. The minimum absolute atomic E-state index is 0.0478. The SMILES string of the molecule is CN(C)C(CNC(=O)c1cccnc1N1CCCC1)c1cccs1. The highest BCUT2D eigenvalue weighted by Crippen LogP contribution is 2.24. The van der Waals surface area contributed by atoms with Crippen molar-refractivity contribution in [3.8, 4) is 0 Å². The topological polar surface area (TPSA) is 48.5 Å². The molecule has 5 nitrogen and oxygen atoms in total. The largest absolute Gasteiger partial charge is 0.356 e. The first kappa shape index (κ1) is 16.9. The number of pyridine rings is 1. The summed E-state index contributed by atoms with van der Waals surface area (Å²) >= 11 is 1.72. The molecule has 24 heavy (non-hydrogen) atoms. The number of anilines is 1. The summed E-state index contributed by atoms with van der Waals surface area (Å²) in [6, 6.07) is 8.04. The minimum Gasteiger partial charge on any atom is -0.356 e. The molecule has 1 amide bonds. The van der Waals surface area contributed by atoms with Crippen LogP contribution in [0.15, 0.2) is 35.8 Å². The molecule has 1 unspecified atom stereocenters. The van der Waals surface area contributed by atoms with Crippen LogP contribution >= 0.6 is 11.3 Å². The zero-order valence-electron chi connectivity index (χ0n) is 14.2. The van der Waals surface area contributed by atoms with E-state index in [1.807, 2.05) is 32.3 Å². The number of rotatable bonds is 6. The quantitative estimate of drug-likeness (QED) is 0.875. The van der Waals surface area contributed by atoms with Gasteiger partial charge in [-0.25, -0.2) is 4.98 Å². The van der Waals surface area contributed by atoms with Gasteiger partial charge >= 0.3 is 0 Å². The lowest BCUT2D eigenvalue weighted by atomic mass is 10.2. The van der Waals surface area contributed by atoms with Crippen molar-refractivity contribution in [1.29, 1.82) is 0 Å². The standard InChI is InChI=1S/C18H24N4OS/c1-21(2)15(16-8-6-12-24-16)13-20-18(23)14-7-5-9-19-17(14)22-10-3-4-11-22/h5-9,12,15H,3-4,10-11,13H2,1-2H3,(H,20,23). The van der Waals surface area contributed by atoms with Gasteiger partial charge in [0.2, 0.25) is 0 Å². The predicted molar refractivity (Wildman–Crippen MR) is 98.8 cm³/mol. The molecule has 0 aromatic carbocycles. The lowest BCUT2D eigenvalue weighted by molar-refractivity contribution is 0.0942. The van der Waals surface area contributed by atoms with Gasteiger partial charge < -0.3 is 15.1 Å². The molecule has 1 aliphatic heterocycles. The number of nitrogens with one attached hydrogen (secondary N) is 1. The smallest absolute Gasteiger partial charge is 0.255 e. The number of thiophene rings is 1. The van der Waals surface area contributed by atoms with Gasteiger partial charge in [-0.1, -0.05) is 6.07 Å². The van der Waals surface area contributed by atoms with Crippen LogP contribution in [-0.4, -0.2) is 49.5 Å². The summed E-state index contributed by atoms with van der Waals surface area (Å²) in [5.41, 5.74) is 0.670. The molecule has 3 rings (SSSR count). The van der Waals surface area contributed by atoms with E-state index < -0.39 is 0 Å². The molecule has 2 aromatic heterocycles. The number of hydrogen-bond acceptors (Lipinski definition) is 5. The fourth-order valence-electron chi connectivity index (χ4n) is 3.06. The number of nitrogens with zero attached hydrogens (tertiary/aromatic N) is 3. The molecule has 0 spiro atoms. The first-order valence-electron chi connectivity index (χ1n) is 8.35. The Hall–Kier alpha value is -1.92. The van der Waals surface area contributed by atoms with Crippen molar-refractivity contribution in [1.82, 2.24) is 15.2 Å². The summed E-state index contributed by atoms with van der Waals surface area (Å²) in [5, 5.41) is 5.16. The van der Waals surface area contributed by atoms with E-state index >= 15 is 0 Å². The molecule has 1 N–H and O–H groups in total. The second-order valence-electron chi connectivity index (χ2n) is 6.27. The van der Waals surface area contributed by atoms with E-state index in [1.54, 1.807) is 17.5 Å². The Morgan fingerprint density at radius 2 is 2.12 bits per heavy atom. The van der Waals surface area contributed by atoms with E-state index in [9.17, 15) is 4.79 Å². The molecule has 0 saturated carbocycles. The van der Waals surface area contributed by atoms with Gasteiger partial charge in [0.15, 0.2) is 0 Å². The van der Waals surface area contributed by atoms with Gasteiger partial charge in [0.1, 0.15) is 5.82 Å². The van der Waals surface area contributed by atoms with Crippen LogP contribution in [0.1, 0.15) is 34.1 Å². The molecular weight excluding hydrogens is 320 g/mol. The van der Waals surface area contributed by atoms with Crippen molar-refractivity contribution in [2.45, 2.75) is 18.9 Å². The molecule has 0 bridgehead atoms. The number of carbonyl (C=O) groups excluding carboxylic acids is 1. The average molecular weight is 344 g/mol. The van der Waals surface area contributed by atoms with Gasteiger partial charge in [-0.3, -0.25) is 4.79 Å². The summed E-state index contributed by atoms with van der Waals surface area (Å²) < 4.78 is 0. The van der Waals surface area contributed by atoms with Crippen LogP contribution in [0.4, 0.5) is 5.82 Å². The molecular formula is C18H24N4OS. The normalized spacial score (nSPS) is 15.7. The predicted octanol–water partition coefficient (Wildman–Crippen LogP) is 2.78. The van der Waals surface area contributed by atoms with Gasteiger partial charge in [0, 0.05) is 30.7 Å². The van der Waals surface area contributed by atoms with E-state index in [2.05, 4.69) is 31.5 Å². The van der Waals surface area contributed by atoms with Crippen LogP contribution in [0.3, 0.4) is 0 Å². The Morgan fingerprint density at radius 1 is 1.33 bits per heavy atom. The van der Waals surface area contributed by atoms with Crippen molar-refractivity contribution in [3.05, 3.63) is 46.3 Å². The second-order valence-corrected chi connectivity index (χ2v) is 7.25. The zero-order chi connectivity index (χ0) is 16.9. The maximum absolute atomic E-state index is 12.7. The van der Waals surface area contributed by atoms with Crippen molar-refractivity contribution in [2.24, 2.45) is 0 Å². The fraction of sp³-hybridized carbons (Fsp3) is 0.444. The van der Waals surface area contributed by atoms with E-state index in [1.165, 1.54) is 17.7 Å². The van der Waals surface area contributed by atoms with Crippen LogP contribution < -0.4 is 10.2 Å². The van der Waals surface area contributed by atoms with E-state index in [0.717, 1.165) is 18.9 Å². The van der Waals surface area contributed by atoms with Gasteiger partial charge in [-0.05, 0) is 50.5 Å². The highest BCUT2D eigenvalue weighted by atomic mass is 32.1. The average Bonchev–Trinajstić information content (AvgIpc) is 3.28. The molecule has 1 fully saturated rings. The van der Waals surface area contributed by atoms with Crippen molar-refractivity contribution in [2.75, 3.05) is 38.6 Å². The maximum Gasteiger partial charge on any atom is 0.255 e. The highest BCUT2D eigenvalue weighted by Gasteiger charge is 2.22. The third-order valence-electron chi connectivity index (χ3n) is 4.39. The van der Waals surface area contributed by atoms with Crippen molar-refractivity contribution < 1.29 is 4.79 Å². The Balaban J connectivity index is 1.71. The molecule has 3 heterocycles. The van der Waals surface area contributed by atoms with Crippen molar-refractivity contribution >= 4 is 23.1 Å². The molecule has 6 heteroatoms. The molecule has 1 saturated heterocycles. The van der Waals surface area contributed by atoms with E-state index in [4.69, 9.17) is 0 Å². The third kappa shape index (κ3) is 3.76. The van der Waals surface area contributed by atoms with Crippen LogP contribution in [0, 0.1) is 0 Å². The summed E-state index contributed by atoms with van der Waals surface area (Å²) in [4.78, 5) is 22.8. The highest BCUT2D eigenvalue weighted by molar-refractivity contribution is 7.10. The summed E-state index contributed by atoms with van der Waals surface area (Å²) in [6.07, 6.45) is 4.09. The van der Waals surface area contributed by atoms with Crippen molar-refractivity contribution in [3.63, 3.8) is 0 Å². The molecule has 1 atom stereocenters. The van der Waals surface area contributed by atoms with Crippen LogP contribution in [0.5, 0.6) is 0 Å². The summed E-state index contributed by atoms with van der Waals surface area (Å²) in [5.74, 6) is 0.762. The van der Waals surface area contributed by atoms with Gasteiger partial charge in [-0.2, -0.15) is 0 Å². The van der Waals surface area contributed by atoms with Gasteiger partial charge in [0.05, 0.1) is 11.6 Å². The van der Waals surface area contributed by atoms with Gasteiger partial charge in [-0.15, -0.1) is 11.3 Å².